The van der Waals surface area contributed by atoms with Crippen LogP contribution in [0.2, 0.25) is 0 Å². The fourth-order valence-electron chi connectivity index (χ4n) is 3.88. The van der Waals surface area contributed by atoms with Gasteiger partial charge < -0.3 is 5.32 Å². The lowest BCUT2D eigenvalue weighted by Crippen LogP contribution is -2.45. The SMILES string of the molecule is O=C(NCC(c1ccc(C(F)(F)F)nc1)N1CCC(F)(F)CC1)c1cnc2ccccc2c1. The number of nitrogens with one attached hydrogen (secondary N) is 1. The van der Waals surface area contributed by atoms with Gasteiger partial charge in [-0.3, -0.25) is 19.7 Å². The van der Waals surface area contributed by atoms with E-state index in [9.17, 15) is 26.7 Å². The van der Waals surface area contributed by atoms with Crippen LogP contribution in [-0.4, -0.2) is 46.3 Å². The third kappa shape index (κ3) is 5.44. The van der Waals surface area contributed by atoms with Gasteiger partial charge in [-0.1, -0.05) is 24.3 Å². The standard InChI is InChI=1S/C23H21F5N4O/c24-22(25)7-9-32(10-8-22)19(16-5-6-20(30-12-16)23(26,27)28)14-31-21(33)17-11-15-3-1-2-4-18(15)29-13-17/h1-6,11-13,19H,7-10,14H2,(H,31,33). The van der Waals surface area contributed by atoms with E-state index in [0.29, 0.717) is 11.1 Å². The molecular formula is C23H21F5N4O. The molecule has 1 atom stereocenters. The zero-order valence-electron chi connectivity index (χ0n) is 17.4. The largest absolute Gasteiger partial charge is 0.433 e. The lowest BCUT2D eigenvalue weighted by Gasteiger charge is -2.37. The summed E-state index contributed by atoms with van der Waals surface area (Å²) in [6.07, 6.45) is -2.78. The molecule has 0 bridgehead atoms. The van der Waals surface area contributed by atoms with Crippen molar-refractivity contribution in [3.63, 3.8) is 0 Å². The molecule has 1 fully saturated rings. The number of amides is 1. The molecule has 1 aliphatic rings. The second kappa shape index (κ2) is 9.01. The van der Waals surface area contributed by atoms with Crippen molar-refractivity contribution >= 4 is 16.8 Å². The molecule has 1 saturated heterocycles. The van der Waals surface area contributed by atoms with E-state index in [1.807, 2.05) is 24.3 Å². The smallest absolute Gasteiger partial charge is 0.350 e. The highest BCUT2D eigenvalue weighted by atomic mass is 19.4. The molecule has 33 heavy (non-hydrogen) atoms. The number of nitrogens with zero attached hydrogens (tertiary/aromatic N) is 3. The number of pyridine rings is 2. The fraction of sp³-hybridized carbons (Fsp3) is 0.348. The highest BCUT2D eigenvalue weighted by Gasteiger charge is 2.37. The summed E-state index contributed by atoms with van der Waals surface area (Å²) >= 11 is 0. The van der Waals surface area contributed by atoms with Gasteiger partial charge in [0, 0.05) is 50.3 Å². The Bertz CT molecular complexity index is 1120. The van der Waals surface area contributed by atoms with Crippen LogP contribution in [0, 0.1) is 0 Å². The van der Waals surface area contributed by atoms with E-state index < -0.39 is 29.7 Å². The van der Waals surface area contributed by atoms with Crippen molar-refractivity contribution in [2.75, 3.05) is 19.6 Å². The van der Waals surface area contributed by atoms with Crippen LogP contribution in [0.4, 0.5) is 22.0 Å². The molecule has 1 amide bonds. The average molecular weight is 464 g/mol. The third-order valence-electron chi connectivity index (χ3n) is 5.74. The maximum absolute atomic E-state index is 13.7. The predicted octanol–water partition coefficient (Wildman–Crippen LogP) is 4.85. The second-order valence-corrected chi connectivity index (χ2v) is 8.01. The Labute approximate surface area is 186 Å². The number of benzene rings is 1. The topological polar surface area (TPSA) is 58.1 Å². The summed E-state index contributed by atoms with van der Waals surface area (Å²) < 4.78 is 66.0. The molecule has 1 unspecified atom stereocenters. The minimum absolute atomic E-state index is 0.0181. The number of rotatable bonds is 5. The first-order chi connectivity index (χ1) is 15.6. The van der Waals surface area contributed by atoms with Crippen molar-refractivity contribution in [2.24, 2.45) is 0 Å². The number of fused-ring (bicyclic) bond motifs is 1. The quantitative estimate of drug-likeness (QED) is 0.549. The van der Waals surface area contributed by atoms with Gasteiger partial charge in [0.05, 0.1) is 17.1 Å². The molecule has 5 nitrogen and oxygen atoms in total. The van der Waals surface area contributed by atoms with Crippen LogP contribution in [0.25, 0.3) is 10.9 Å². The lowest BCUT2D eigenvalue weighted by atomic mass is 10.0. The molecule has 0 radical (unpaired) electrons. The molecule has 1 aliphatic heterocycles. The average Bonchev–Trinajstić information content (AvgIpc) is 2.79. The Morgan fingerprint density at radius 1 is 1.06 bits per heavy atom. The molecule has 0 saturated carbocycles. The van der Waals surface area contributed by atoms with Gasteiger partial charge in [-0.2, -0.15) is 13.2 Å². The number of alkyl halides is 5. The van der Waals surface area contributed by atoms with Gasteiger partial charge in [-0.15, -0.1) is 0 Å². The maximum Gasteiger partial charge on any atom is 0.433 e. The van der Waals surface area contributed by atoms with Crippen molar-refractivity contribution in [3.8, 4) is 0 Å². The number of carbonyl (C=O) groups excluding carboxylic acids is 1. The highest BCUT2D eigenvalue weighted by molar-refractivity contribution is 5.97. The maximum atomic E-state index is 13.7. The number of halogens is 5. The van der Waals surface area contributed by atoms with Crippen LogP contribution in [0.15, 0.2) is 54.9 Å². The summed E-state index contributed by atoms with van der Waals surface area (Å²) in [5.41, 5.74) is 0.423. The zero-order chi connectivity index (χ0) is 23.6. The molecule has 2 aromatic heterocycles. The molecule has 10 heteroatoms. The number of hydrogen-bond donors (Lipinski definition) is 1. The van der Waals surface area contributed by atoms with Crippen molar-refractivity contribution in [3.05, 3.63) is 71.7 Å². The van der Waals surface area contributed by atoms with Crippen LogP contribution in [0.3, 0.4) is 0 Å². The van der Waals surface area contributed by atoms with Gasteiger partial charge in [0.1, 0.15) is 5.69 Å². The number of carbonyl (C=O) groups is 1. The molecule has 1 aromatic carbocycles. The number of para-hydroxylation sites is 1. The van der Waals surface area contributed by atoms with Crippen LogP contribution in [0.5, 0.6) is 0 Å². The van der Waals surface area contributed by atoms with E-state index in [1.54, 1.807) is 11.0 Å². The molecule has 1 N–H and O–H groups in total. The van der Waals surface area contributed by atoms with Gasteiger partial charge in [0.15, 0.2) is 0 Å². The van der Waals surface area contributed by atoms with Gasteiger partial charge >= 0.3 is 6.18 Å². The van der Waals surface area contributed by atoms with Crippen LogP contribution >= 0.6 is 0 Å². The molecule has 0 spiro atoms. The first kappa shape index (κ1) is 23.0. The first-order valence-corrected chi connectivity index (χ1v) is 10.4. The summed E-state index contributed by atoms with van der Waals surface area (Å²) in [6, 6.07) is 10.5. The van der Waals surface area contributed by atoms with Crippen LogP contribution < -0.4 is 5.32 Å². The van der Waals surface area contributed by atoms with Crippen molar-refractivity contribution < 1.29 is 26.7 Å². The Hall–Kier alpha value is -3.14. The molecule has 0 aliphatic carbocycles. The Morgan fingerprint density at radius 2 is 1.79 bits per heavy atom. The summed E-state index contributed by atoms with van der Waals surface area (Å²) in [4.78, 5) is 22.2. The molecule has 3 aromatic rings. The van der Waals surface area contributed by atoms with E-state index >= 15 is 0 Å². The first-order valence-electron chi connectivity index (χ1n) is 10.4. The van der Waals surface area contributed by atoms with E-state index in [2.05, 4.69) is 15.3 Å². The van der Waals surface area contributed by atoms with Crippen molar-refractivity contribution in [1.29, 1.82) is 0 Å². The Balaban J connectivity index is 1.53. The summed E-state index contributed by atoms with van der Waals surface area (Å²) in [6.45, 7) is 0.114. The van der Waals surface area contributed by atoms with Gasteiger partial charge in [-0.25, -0.2) is 8.78 Å². The second-order valence-electron chi connectivity index (χ2n) is 8.01. The number of aromatic nitrogens is 2. The lowest BCUT2D eigenvalue weighted by molar-refractivity contribution is -0.141. The molecule has 3 heterocycles. The number of likely N-dealkylation sites (tertiary alicyclic amines) is 1. The fourth-order valence-corrected chi connectivity index (χ4v) is 3.88. The summed E-state index contributed by atoms with van der Waals surface area (Å²) in [5.74, 6) is -3.19. The van der Waals surface area contributed by atoms with Gasteiger partial charge in [0.2, 0.25) is 0 Å². The normalized spacial score (nSPS) is 17.6. The van der Waals surface area contributed by atoms with Gasteiger partial charge in [-0.05, 0) is 23.8 Å². The van der Waals surface area contributed by atoms with Crippen molar-refractivity contribution in [2.45, 2.75) is 31.0 Å². The van der Waals surface area contributed by atoms with Gasteiger partial charge in [0.25, 0.3) is 11.8 Å². The Morgan fingerprint density at radius 3 is 2.45 bits per heavy atom. The minimum Gasteiger partial charge on any atom is -0.350 e. The Kier molecular flexibility index (Phi) is 6.29. The zero-order valence-corrected chi connectivity index (χ0v) is 17.4. The molecule has 4 rings (SSSR count). The molecule has 174 valence electrons. The summed E-state index contributed by atoms with van der Waals surface area (Å²) in [7, 11) is 0. The predicted molar refractivity (Wildman–Crippen MR) is 112 cm³/mol. The minimum atomic E-state index is -4.58. The third-order valence-corrected chi connectivity index (χ3v) is 5.74. The van der Waals surface area contributed by atoms with Crippen molar-refractivity contribution in [1.82, 2.24) is 20.2 Å². The highest BCUT2D eigenvalue weighted by Crippen LogP contribution is 2.33. The van der Waals surface area contributed by atoms with Crippen LogP contribution in [-0.2, 0) is 6.18 Å². The monoisotopic (exact) mass is 464 g/mol. The van der Waals surface area contributed by atoms with Crippen LogP contribution in [0.1, 0.15) is 40.5 Å². The van der Waals surface area contributed by atoms with E-state index in [0.717, 1.165) is 23.2 Å². The van der Waals surface area contributed by atoms with E-state index in [-0.39, 0.29) is 32.5 Å². The van der Waals surface area contributed by atoms with E-state index in [4.69, 9.17) is 0 Å². The molecular weight excluding hydrogens is 443 g/mol. The number of hydrogen-bond acceptors (Lipinski definition) is 4. The summed E-state index contributed by atoms with van der Waals surface area (Å²) in [5, 5.41) is 3.55. The number of piperidine rings is 1. The van der Waals surface area contributed by atoms with E-state index in [1.165, 1.54) is 12.3 Å².